The summed E-state index contributed by atoms with van der Waals surface area (Å²) in [5.41, 5.74) is 13.2. The number of likely N-dealkylation sites (tertiary alicyclic amines) is 1. The SMILES string of the molecule is CC(N)C1CCCCN1C(=O)CC(N)c1ccccc1. The predicted molar refractivity (Wildman–Crippen MR) is 81.0 cm³/mol. The number of nitrogens with zero attached hydrogens (tertiary/aromatic N) is 1. The number of nitrogens with two attached hydrogens (primary N) is 2. The largest absolute Gasteiger partial charge is 0.338 e. The van der Waals surface area contributed by atoms with Crippen molar-refractivity contribution in [2.24, 2.45) is 11.5 Å². The Morgan fingerprint density at radius 2 is 2.00 bits per heavy atom. The molecule has 0 aliphatic carbocycles. The van der Waals surface area contributed by atoms with Gasteiger partial charge in [-0.25, -0.2) is 0 Å². The molecule has 0 spiro atoms. The van der Waals surface area contributed by atoms with Crippen molar-refractivity contribution < 1.29 is 4.79 Å². The minimum absolute atomic E-state index is 0.0206. The van der Waals surface area contributed by atoms with Crippen molar-refractivity contribution in [3.8, 4) is 0 Å². The van der Waals surface area contributed by atoms with E-state index < -0.39 is 0 Å². The number of hydrogen-bond acceptors (Lipinski definition) is 3. The molecule has 1 amide bonds. The van der Waals surface area contributed by atoms with Gasteiger partial charge in [0.2, 0.25) is 5.91 Å². The molecule has 1 aromatic rings. The highest BCUT2D eigenvalue weighted by atomic mass is 16.2. The standard InChI is InChI=1S/C16H25N3O/c1-12(17)15-9-5-6-10-19(15)16(20)11-14(18)13-7-3-2-4-8-13/h2-4,7-8,12,14-15H,5-6,9-11,17-18H2,1H3. The molecule has 0 bridgehead atoms. The molecule has 1 aliphatic rings. The van der Waals surface area contributed by atoms with E-state index in [2.05, 4.69) is 0 Å². The van der Waals surface area contributed by atoms with E-state index in [-0.39, 0.29) is 24.0 Å². The Balaban J connectivity index is 1.99. The Bertz CT molecular complexity index is 433. The second kappa shape index (κ2) is 6.86. The Morgan fingerprint density at radius 1 is 1.30 bits per heavy atom. The highest BCUT2D eigenvalue weighted by molar-refractivity contribution is 5.77. The normalized spacial score (nSPS) is 22.4. The molecule has 0 saturated carbocycles. The van der Waals surface area contributed by atoms with E-state index in [0.717, 1.165) is 31.4 Å². The fourth-order valence-corrected chi connectivity index (χ4v) is 2.94. The van der Waals surface area contributed by atoms with E-state index in [9.17, 15) is 4.79 Å². The van der Waals surface area contributed by atoms with E-state index in [0.29, 0.717) is 6.42 Å². The van der Waals surface area contributed by atoms with Crippen molar-refractivity contribution in [1.29, 1.82) is 0 Å². The fourth-order valence-electron chi connectivity index (χ4n) is 2.94. The molecule has 1 saturated heterocycles. The lowest BCUT2D eigenvalue weighted by Crippen LogP contribution is -2.52. The first-order valence-electron chi connectivity index (χ1n) is 7.45. The van der Waals surface area contributed by atoms with Crippen LogP contribution in [0.15, 0.2) is 30.3 Å². The molecule has 3 unspecified atom stereocenters. The number of hydrogen-bond donors (Lipinski definition) is 2. The van der Waals surface area contributed by atoms with Crippen LogP contribution in [0, 0.1) is 0 Å². The van der Waals surface area contributed by atoms with Gasteiger partial charge in [0.05, 0.1) is 0 Å². The maximum atomic E-state index is 12.5. The zero-order valence-corrected chi connectivity index (χ0v) is 12.2. The lowest BCUT2D eigenvalue weighted by Gasteiger charge is -2.38. The number of piperidine rings is 1. The maximum absolute atomic E-state index is 12.5. The summed E-state index contributed by atoms with van der Waals surface area (Å²) in [6, 6.07) is 9.74. The van der Waals surface area contributed by atoms with Gasteiger partial charge >= 0.3 is 0 Å². The number of amides is 1. The van der Waals surface area contributed by atoms with Gasteiger partial charge < -0.3 is 16.4 Å². The van der Waals surface area contributed by atoms with Crippen LogP contribution in [0.5, 0.6) is 0 Å². The second-order valence-electron chi connectivity index (χ2n) is 5.73. The molecule has 110 valence electrons. The first-order valence-corrected chi connectivity index (χ1v) is 7.45. The van der Waals surface area contributed by atoms with Gasteiger partial charge in [0, 0.05) is 31.1 Å². The average Bonchev–Trinajstić information content (AvgIpc) is 2.48. The Kier molecular flexibility index (Phi) is 5.15. The molecule has 20 heavy (non-hydrogen) atoms. The van der Waals surface area contributed by atoms with Crippen LogP contribution in [0.4, 0.5) is 0 Å². The molecule has 1 fully saturated rings. The van der Waals surface area contributed by atoms with Gasteiger partial charge in [-0.05, 0) is 31.7 Å². The van der Waals surface area contributed by atoms with E-state index in [1.54, 1.807) is 0 Å². The van der Waals surface area contributed by atoms with Gasteiger partial charge in [0.15, 0.2) is 0 Å². The first kappa shape index (κ1) is 15.0. The van der Waals surface area contributed by atoms with Gasteiger partial charge in [-0.2, -0.15) is 0 Å². The molecular formula is C16H25N3O. The van der Waals surface area contributed by atoms with E-state index in [1.165, 1.54) is 0 Å². The van der Waals surface area contributed by atoms with Gasteiger partial charge in [0.25, 0.3) is 0 Å². The summed E-state index contributed by atoms with van der Waals surface area (Å²) in [6.45, 7) is 2.79. The summed E-state index contributed by atoms with van der Waals surface area (Å²) in [5.74, 6) is 0.128. The summed E-state index contributed by atoms with van der Waals surface area (Å²) in [4.78, 5) is 14.4. The molecule has 1 aromatic carbocycles. The Hall–Kier alpha value is -1.39. The maximum Gasteiger partial charge on any atom is 0.224 e. The summed E-state index contributed by atoms with van der Waals surface area (Å²) in [6.07, 6.45) is 3.58. The van der Waals surface area contributed by atoms with Crippen LogP contribution in [0.25, 0.3) is 0 Å². The van der Waals surface area contributed by atoms with Crippen molar-refractivity contribution in [2.45, 2.75) is 50.7 Å². The van der Waals surface area contributed by atoms with Gasteiger partial charge in [-0.1, -0.05) is 30.3 Å². The molecule has 4 heteroatoms. The zero-order chi connectivity index (χ0) is 14.5. The molecular weight excluding hydrogens is 250 g/mol. The molecule has 3 atom stereocenters. The summed E-state index contributed by atoms with van der Waals surface area (Å²) in [5, 5.41) is 0. The van der Waals surface area contributed by atoms with Crippen LogP contribution < -0.4 is 11.5 Å². The van der Waals surface area contributed by atoms with Crippen molar-refractivity contribution in [2.75, 3.05) is 6.54 Å². The van der Waals surface area contributed by atoms with Crippen LogP contribution in [0.1, 0.15) is 44.2 Å². The van der Waals surface area contributed by atoms with Gasteiger partial charge in [-0.3, -0.25) is 4.79 Å². The summed E-state index contributed by atoms with van der Waals surface area (Å²) in [7, 11) is 0. The molecule has 1 aliphatic heterocycles. The van der Waals surface area contributed by atoms with Gasteiger partial charge in [0.1, 0.15) is 0 Å². The highest BCUT2D eigenvalue weighted by Crippen LogP contribution is 2.22. The van der Waals surface area contributed by atoms with Crippen LogP contribution in [0.2, 0.25) is 0 Å². The summed E-state index contributed by atoms with van der Waals surface area (Å²) >= 11 is 0. The van der Waals surface area contributed by atoms with Crippen LogP contribution >= 0.6 is 0 Å². The van der Waals surface area contributed by atoms with Crippen molar-refractivity contribution >= 4 is 5.91 Å². The minimum Gasteiger partial charge on any atom is -0.338 e. The third kappa shape index (κ3) is 3.58. The molecule has 4 N–H and O–H groups in total. The fraction of sp³-hybridized carbons (Fsp3) is 0.562. The van der Waals surface area contributed by atoms with Gasteiger partial charge in [-0.15, -0.1) is 0 Å². The number of benzene rings is 1. The molecule has 4 nitrogen and oxygen atoms in total. The van der Waals surface area contributed by atoms with E-state index >= 15 is 0 Å². The van der Waals surface area contributed by atoms with Crippen molar-refractivity contribution in [1.82, 2.24) is 4.90 Å². The lowest BCUT2D eigenvalue weighted by atomic mass is 9.95. The minimum atomic E-state index is -0.237. The highest BCUT2D eigenvalue weighted by Gasteiger charge is 2.29. The monoisotopic (exact) mass is 275 g/mol. The topological polar surface area (TPSA) is 72.3 Å². The smallest absolute Gasteiger partial charge is 0.224 e. The van der Waals surface area contributed by atoms with Crippen LogP contribution in [-0.4, -0.2) is 29.4 Å². The second-order valence-corrected chi connectivity index (χ2v) is 5.73. The van der Waals surface area contributed by atoms with E-state index in [4.69, 9.17) is 11.5 Å². The summed E-state index contributed by atoms with van der Waals surface area (Å²) < 4.78 is 0. The molecule has 0 radical (unpaired) electrons. The Morgan fingerprint density at radius 3 is 2.65 bits per heavy atom. The quantitative estimate of drug-likeness (QED) is 0.880. The first-order chi connectivity index (χ1) is 9.59. The molecule has 0 aromatic heterocycles. The van der Waals surface area contributed by atoms with Crippen molar-refractivity contribution in [3.63, 3.8) is 0 Å². The van der Waals surface area contributed by atoms with Crippen LogP contribution in [-0.2, 0) is 4.79 Å². The molecule has 2 rings (SSSR count). The average molecular weight is 275 g/mol. The number of carbonyl (C=O) groups is 1. The third-order valence-corrected chi connectivity index (χ3v) is 4.10. The third-order valence-electron chi connectivity index (χ3n) is 4.10. The molecule has 1 heterocycles. The zero-order valence-electron chi connectivity index (χ0n) is 12.2. The van der Waals surface area contributed by atoms with Crippen molar-refractivity contribution in [3.05, 3.63) is 35.9 Å². The van der Waals surface area contributed by atoms with E-state index in [1.807, 2.05) is 42.2 Å². The predicted octanol–water partition coefficient (Wildman–Crippen LogP) is 1.80. The lowest BCUT2D eigenvalue weighted by molar-refractivity contribution is -0.135. The van der Waals surface area contributed by atoms with Crippen LogP contribution in [0.3, 0.4) is 0 Å². The Labute approximate surface area is 121 Å². The number of rotatable bonds is 4. The number of carbonyl (C=O) groups excluding carboxylic acids is 1.